The lowest BCUT2D eigenvalue weighted by atomic mass is 9.95. The first-order valence-electron chi connectivity index (χ1n) is 5.63. The second-order valence-electron chi connectivity index (χ2n) is 4.89. The van der Waals surface area contributed by atoms with Gasteiger partial charge in [-0.05, 0) is 38.5 Å². The summed E-state index contributed by atoms with van der Waals surface area (Å²) in [6, 6.07) is 3.80. The molecular formula is C13H18BrNO3. The Morgan fingerprint density at radius 1 is 1.50 bits per heavy atom. The minimum Gasteiger partial charge on any atom is -0.492 e. The second kappa shape index (κ2) is 5.71. The fourth-order valence-corrected chi connectivity index (χ4v) is 2.09. The van der Waals surface area contributed by atoms with Gasteiger partial charge in [0.25, 0.3) is 0 Å². The fourth-order valence-electron chi connectivity index (χ4n) is 1.47. The van der Waals surface area contributed by atoms with Gasteiger partial charge in [-0.2, -0.15) is 0 Å². The van der Waals surface area contributed by atoms with Crippen molar-refractivity contribution in [3.63, 3.8) is 0 Å². The van der Waals surface area contributed by atoms with Crippen molar-refractivity contribution in [1.29, 1.82) is 0 Å². The Morgan fingerprint density at radius 3 is 2.61 bits per heavy atom. The average molecular weight is 316 g/mol. The van der Waals surface area contributed by atoms with Crippen LogP contribution in [-0.2, 0) is 11.3 Å². The van der Waals surface area contributed by atoms with Crippen LogP contribution in [0.1, 0.15) is 25.0 Å². The molecule has 3 N–H and O–H groups in total. The van der Waals surface area contributed by atoms with E-state index in [0.717, 1.165) is 15.6 Å². The highest BCUT2D eigenvalue weighted by molar-refractivity contribution is 9.10. The molecule has 0 aliphatic carbocycles. The highest BCUT2D eigenvalue weighted by Crippen LogP contribution is 2.29. The Morgan fingerprint density at radius 2 is 2.11 bits per heavy atom. The number of aryl methyl sites for hydroxylation is 1. The molecule has 1 rings (SSSR count). The first-order chi connectivity index (χ1) is 8.27. The Balaban J connectivity index is 2.95. The quantitative estimate of drug-likeness (QED) is 0.876. The van der Waals surface area contributed by atoms with Gasteiger partial charge < -0.3 is 15.6 Å². The Hall–Kier alpha value is -1.07. The lowest BCUT2D eigenvalue weighted by molar-refractivity contribution is -0.148. The maximum Gasteiger partial charge on any atom is 0.312 e. The standard InChI is InChI=1S/C13H18BrNO3/c1-8-4-10(14)5-9(6-15)11(8)18-7-13(2,3)12(16)17/h4-5H,6-7,15H2,1-3H3,(H,16,17). The third-order valence-electron chi connectivity index (χ3n) is 2.69. The Kier molecular flexibility index (Phi) is 4.76. The van der Waals surface area contributed by atoms with E-state index in [2.05, 4.69) is 15.9 Å². The lowest BCUT2D eigenvalue weighted by Gasteiger charge is -2.22. The summed E-state index contributed by atoms with van der Waals surface area (Å²) < 4.78 is 6.59. The van der Waals surface area contributed by atoms with Crippen molar-refractivity contribution >= 4 is 21.9 Å². The van der Waals surface area contributed by atoms with Crippen LogP contribution in [0.3, 0.4) is 0 Å². The van der Waals surface area contributed by atoms with E-state index in [-0.39, 0.29) is 6.61 Å². The van der Waals surface area contributed by atoms with Gasteiger partial charge in [-0.15, -0.1) is 0 Å². The van der Waals surface area contributed by atoms with Gasteiger partial charge in [-0.1, -0.05) is 15.9 Å². The molecule has 0 bridgehead atoms. The maximum absolute atomic E-state index is 11.0. The summed E-state index contributed by atoms with van der Waals surface area (Å²) in [5.74, 6) is -0.207. The highest BCUT2D eigenvalue weighted by Gasteiger charge is 2.28. The van der Waals surface area contributed by atoms with Crippen LogP contribution >= 0.6 is 15.9 Å². The van der Waals surface area contributed by atoms with Crippen LogP contribution in [0.15, 0.2) is 16.6 Å². The number of hydrogen-bond acceptors (Lipinski definition) is 3. The van der Waals surface area contributed by atoms with Crippen molar-refractivity contribution in [1.82, 2.24) is 0 Å². The normalized spacial score (nSPS) is 11.4. The molecular weight excluding hydrogens is 298 g/mol. The smallest absolute Gasteiger partial charge is 0.312 e. The summed E-state index contributed by atoms with van der Waals surface area (Å²) in [5, 5.41) is 9.05. The zero-order chi connectivity index (χ0) is 13.9. The van der Waals surface area contributed by atoms with Crippen LogP contribution in [-0.4, -0.2) is 17.7 Å². The van der Waals surface area contributed by atoms with E-state index in [4.69, 9.17) is 15.6 Å². The number of benzene rings is 1. The SMILES string of the molecule is Cc1cc(Br)cc(CN)c1OCC(C)(C)C(=O)O. The summed E-state index contributed by atoms with van der Waals surface area (Å²) in [6.45, 7) is 5.63. The summed E-state index contributed by atoms with van der Waals surface area (Å²) in [5.41, 5.74) is 6.55. The molecule has 5 heteroatoms. The van der Waals surface area contributed by atoms with Gasteiger partial charge in [-0.3, -0.25) is 4.79 Å². The molecule has 100 valence electrons. The molecule has 1 aromatic carbocycles. The Labute approximate surface area is 115 Å². The van der Waals surface area contributed by atoms with E-state index >= 15 is 0 Å². The third-order valence-corrected chi connectivity index (χ3v) is 3.15. The number of aliphatic carboxylic acids is 1. The third kappa shape index (κ3) is 3.46. The number of ether oxygens (including phenoxy) is 1. The number of nitrogens with two attached hydrogens (primary N) is 1. The molecule has 0 atom stereocenters. The number of carboxylic acid groups (broad SMARTS) is 1. The highest BCUT2D eigenvalue weighted by atomic mass is 79.9. The van der Waals surface area contributed by atoms with Crippen LogP contribution < -0.4 is 10.5 Å². The molecule has 0 saturated heterocycles. The van der Waals surface area contributed by atoms with E-state index in [1.165, 1.54) is 0 Å². The summed E-state index contributed by atoms with van der Waals surface area (Å²) >= 11 is 3.40. The number of carbonyl (C=O) groups is 1. The summed E-state index contributed by atoms with van der Waals surface area (Å²) in [6.07, 6.45) is 0. The van der Waals surface area contributed by atoms with Gasteiger partial charge in [-0.25, -0.2) is 0 Å². The number of hydrogen-bond donors (Lipinski definition) is 2. The zero-order valence-corrected chi connectivity index (χ0v) is 12.4. The molecule has 0 unspecified atom stereocenters. The molecule has 0 radical (unpaired) electrons. The van der Waals surface area contributed by atoms with Gasteiger partial charge in [0.05, 0.1) is 5.41 Å². The predicted molar refractivity (Wildman–Crippen MR) is 73.7 cm³/mol. The molecule has 0 aromatic heterocycles. The number of halogens is 1. The van der Waals surface area contributed by atoms with Crippen LogP contribution in [0, 0.1) is 12.3 Å². The van der Waals surface area contributed by atoms with Gasteiger partial charge in [0.2, 0.25) is 0 Å². The van der Waals surface area contributed by atoms with E-state index in [1.807, 2.05) is 19.1 Å². The van der Waals surface area contributed by atoms with E-state index < -0.39 is 11.4 Å². The van der Waals surface area contributed by atoms with Crippen LogP contribution in [0.25, 0.3) is 0 Å². The molecule has 0 fully saturated rings. The molecule has 0 heterocycles. The van der Waals surface area contributed by atoms with Crippen molar-refractivity contribution in [2.75, 3.05) is 6.61 Å². The number of rotatable bonds is 5. The van der Waals surface area contributed by atoms with Crippen LogP contribution in [0.2, 0.25) is 0 Å². The maximum atomic E-state index is 11.0. The van der Waals surface area contributed by atoms with Crippen molar-refractivity contribution in [2.24, 2.45) is 11.1 Å². The lowest BCUT2D eigenvalue weighted by Crippen LogP contribution is -2.31. The molecule has 0 amide bonds. The average Bonchev–Trinajstić information content (AvgIpc) is 2.26. The number of carboxylic acids is 1. The van der Waals surface area contributed by atoms with Crippen LogP contribution in [0.4, 0.5) is 0 Å². The topological polar surface area (TPSA) is 72.5 Å². The molecule has 4 nitrogen and oxygen atoms in total. The first kappa shape index (κ1) is 15.0. The molecule has 0 aliphatic heterocycles. The van der Waals surface area contributed by atoms with Gasteiger partial charge >= 0.3 is 5.97 Å². The largest absolute Gasteiger partial charge is 0.492 e. The van der Waals surface area contributed by atoms with Crippen molar-refractivity contribution in [2.45, 2.75) is 27.3 Å². The molecule has 0 spiro atoms. The van der Waals surface area contributed by atoms with E-state index in [1.54, 1.807) is 13.8 Å². The van der Waals surface area contributed by atoms with E-state index in [9.17, 15) is 4.79 Å². The van der Waals surface area contributed by atoms with E-state index in [0.29, 0.717) is 12.3 Å². The van der Waals surface area contributed by atoms with Crippen LogP contribution in [0.5, 0.6) is 5.75 Å². The molecule has 0 aliphatic rings. The predicted octanol–water partition coefficient (Wildman–Crippen LogP) is 2.71. The van der Waals surface area contributed by atoms with Crippen molar-refractivity contribution in [3.8, 4) is 5.75 Å². The molecule has 1 aromatic rings. The minimum absolute atomic E-state index is 0.109. The minimum atomic E-state index is -0.925. The van der Waals surface area contributed by atoms with Gasteiger partial charge in [0.1, 0.15) is 12.4 Å². The van der Waals surface area contributed by atoms with Crippen molar-refractivity contribution < 1.29 is 14.6 Å². The monoisotopic (exact) mass is 315 g/mol. The second-order valence-corrected chi connectivity index (χ2v) is 5.81. The molecule has 18 heavy (non-hydrogen) atoms. The summed E-state index contributed by atoms with van der Waals surface area (Å²) in [4.78, 5) is 11.0. The van der Waals surface area contributed by atoms with Gasteiger partial charge in [0.15, 0.2) is 0 Å². The zero-order valence-electron chi connectivity index (χ0n) is 10.8. The van der Waals surface area contributed by atoms with Gasteiger partial charge in [0, 0.05) is 16.6 Å². The first-order valence-corrected chi connectivity index (χ1v) is 6.42. The Bertz CT molecular complexity index is 458. The fraction of sp³-hybridized carbons (Fsp3) is 0.462. The van der Waals surface area contributed by atoms with Crippen molar-refractivity contribution in [3.05, 3.63) is 27.7 Å². The summed E-state index contributed by atoms with van der Waals surface area (Å²) in [7, 11) is 0. The molecule has 0 saturated carbocycles.